The van der Waals surface area contributed by atoms with E-state index in [0.717, 1.165) is 6.42 Å². The summed E-state index contributed by atoms with van der Waals surface area (Å²) in [6.45, 7) is 6.45. The van der Waals surface area contributed by atoms with Gasteiger partial charge in [-0.05, 0) is 19.8 Å². The van der Waals surface area contributed by atoms with Gasteiger partial charge in [-0.15, -0.1) is 0 Å². The Morgan fingerprint density at radius 1 is 1.21 bits per heavy atom. The Kier molecular flexibility index (Phi) is 8.67. The molecule has 2 nitrogen and oxygen atoms in total. The number of hydrogen-bond acceptors (Lipinski definition) is 2. The molecule has 0 aromatic carbocycles. The summed E-state index contributed by atoms with van der Waals surface area (Å²) in [7, 11) is 0. The van der Waals surface area contributed by atoms with Crippen molar-refractivity contribution < 1.29 is 0 Å². The van der Waals surface area contributed by atoms with Gasteiger partial charge in [0.05, 0.1) is 12.1 Å². The van der Waals surface area contributed by atoms with E-state index in [4.69, 9.17) is 5.26 Å². The minimum absolute atomic E-state index is 0.0381. The predicted octanol–water partition coefficient (Wildman–Crippen LogP) is 3.24. The van der Waals surface area contributed by atoms with Crippen molar-refractivity contribution in [2.45, 2.75) is 71.4 Å². The number of rotatable bonds is 8. The van der Waals surface area contributed by atoms with E-state index in [2.05, 4.69) is 25.2 Å². The normalized spacial score (nSPS) is 14.7. The molecule has 0 fully saturated rings. The zero-order valence-electron chi connectivity index (χ0n) is 9.84. The van der Waals surface area contributed by atoms with E-state index >= 15 is 0 Å². The highest BCUT2D eigenvalue weighted by Gasteiger charge is 2.07. The van der Waals surface area contributed by atoms with E-state index in [1.165, 1.54) is 32.1 Å². The van der Waals surface area contributed by atoms with E-state index in [-0.39, 0.29) is 6.04 Å². The summed E-state index contributed by atoms with van der Waals surface area (Å²) >= 11 is 0. The van der Waals surface area contributed by atoms with Crippen molar-refractivity contribution in [2.75, 3.05) is 0 Å². The van der Waals surface area contributed by atoms with Gasteiger partial charge in [0.1, 0.15) is 0 Å². The first kappa shape index (κ1) is 13.4. The second-order valence-corrected chi connectivity index (χ2v) is 4.01. The maximum Gasteiger partial charge on any atom is 0.0952 e. The van der Waals surface area contributed by atoms with Crippen molar-refractivity contribution in [3.63, 3.8) is 0 Å². The van der Waals surface area contributed by atoms with Crippen LogP contribution in [0.4, 0.5) is 0 Å². The first-order chi connectivity index (χ1) is 6.74. The van der Waals surface area contributed by atoms with Crippen molar-refractivity contribution in [3.8, 4) is 6.07 Å². The molecule has 0 spiro atoms. The van der Waals surface area contributed by atoms with Crippen molar-refractivity contribution in [1.29, 1.82) is 5.26 Å². The highest BCUT2D eigenvalue weighted by atomic mass is 14.9. The highest BCUT2D eigenvalue weighted by molar-refractivity contribution is 4.89. The Labute approximate surface area is 88.7 Å². The van der Waals surface area contributed by atoms with Gasteiger partial charge in [-0.2, -0.15) is 5.26 Å². The van der Waals surface area contributed by atoms with Crippen LogP contribution in [0.25, 0.3) is 0 Å². The molecule has 0 aliphatic rings. The molecule has 2 unspecified atom stereocenters. The van der Waals surface area contributed by atoms with E-state index in [1.807, 2.05) is 6.92 Å². The van der Waals surface area contributed by atoms with Crippen molar-refractivity contribution in [3.05, 3.63) is 0 Å². The topological polar surface area (TPSA) is 35.8 Å². The average molecular weight is 196 g/mol. The molecule has 0 aliphatic carbocycles. The predicted molar refractivity (Wildman–Crippen MR) is 61.0 cm³/mol. The lowest BCUT2D eigenvalue weighted by atomic mass is 10.1. The fraction of sp³-hybridized carbons (Fsp3) is 0.917. The van der Waals surface area contributed by atoms with Crippen LogP contribution in [0.5, 0.6) is 0 Å². The summed E-state index contributed by atoms with van der Waals surface area (Å²) < 4.78 is 0. The molecule has 0 amide bonds. The van der Waals surface area contributed by atoms with Crippen LogP contribution in [-0.2, 0) is 0 Å². The SMILES string of the molecule is CCCCCCC(C)NC(C#N)CC. The molecule has 0 bridgehead atoms. The second-order valence-electron chi connectivity index (χ2n) is 4.01. The largest absolute Gasteiger partial charge is 0.299 e. The quantitative estimate of drug-likeness (QED) is 0.605. The fourth-order valence-corrected chi connectivity index (χ4v) is 1.55. The van der Waals surface area contributed by atoms with Gasteiger partial charge < -0.3 is 0 Å². The van der Waals surface area contributed by atoms with Gasteiger partial charge in [-0.3, -0.25) is 5.32 Å². The third kappa shape index (κ3) is 6.91. The Morgan fingerprint density at radius 3 is 2.43 bits per heavy atom. The van der Waals surface area contributed by atoms with Crippen LogP contribution in [-0.4, -0.2) is 12.1 Å². The third-order valence-corrected chi connectivity index (χ3v) is 2.54. The maximum atomic E-state index is 8.77. The van der Waals surface area contributed by atoms with E-state index < -0.39 is 0 Å². The molecular weight excluding hydrogens is 172 g/mol. The average Bonchev–Trinajstić information content (AvgIpc) is 2.21. The van der Waals surface area contributed by atoms with E-state index in [0.29, 0.717) is 6.04 Å². The minimum atomic E-state index is 0.0381. The standard InChI is InChI=1S/C12H24N2/c1-4-6-7-8-9-11(3)14-12(5-2)10-13/h11-12,14H,4-9H2,1-3H3. The monoisotopic (exact) mass is 196 g/mol. The fourth-order valence-electron chi connectivity index (χ4n) is 1.55. The molecule has 0 heterocycles. The van der Waals surface area contributed by atoms with Gasteiger partial charge >= 0.3 is 0 Å². The van der Waals surface area contributed by atoms with E-state index in [1.54, 1.807) is 0 Å². The lowest BCUT2D eigenvalue weighted by molar-refractivity contribution is 0.448. The second kappa shape index (κ2) is 9.02. The van der Waals surface area contributed by atoms with Crippen molar-refractivity contribution in [2.24, 2.45) is 0 Å². The summed E-state index contributed by atoms with van der Waals surface area (Å²) in [4.78, 5) is 0. The molecule has 0 rings (SSSR count). The van der Waals surface area contributed by atoms with E-state index in [9.17, 15) is 0 Å². The first-order valence-corrected chi connectivity index (χ1v) is 5.90. The first-order valence-electron chi connectivity index (χ1n) is 5.90. The molecule has 14 heavy (non-hydrogen) atoms. The zero-order valence-corrected chi connectivity index (χ0v) is 9.84. The molecule has 0 saturated heterocycles. The highest BCUT2D eigenvalue weighted by Crippen LogP contribution is 2.06. The summed E-state index contributed by atoms with van der Waals surface area (Å²) in [5.41, 5.74) is 0. The summed E-state index contributed by atoms with van der Waals surface area (Å²) in [6.07, 6.45) is 7.32. The Bertz CT molecular complexity index is 160. The summed E-state index contributed by atoms with van der Waals surface area (Å²) in [6, 6.07) is 2.79. The smallest absolute Gasteiger partial charge is 0.0952 e. The van der Waals surface area contributed by atoms with Gasteiger partial charge in [0.15, 0.2) is 0 Å². The summed E-state index contributed by atoms with van der Waals surface area (Å²) in [5.74, 6) is 0. The van der Waals surface area contributed by atoms with Gasteiger partial charge in [-0.1, -0.05) is 39.5 Å². The Hall–Kier alpha value is -0.550. The van der Waals surface area contributed by atoms with Gasteiger partial charge in [0.25, 0.3) is 0 Å². The molecule has 1 N–H and O–H groups in total. The number of nitrogens with one attached hydrogen (secondary N) is 1. The molecule has 2 heteroatoms. The Morgan fingerprint density at radius 2 is 1.93 bits per heavy atom. The molecule has 0 radical (unpaired) electrons. The molecule has 0 aliphatic heterocycles. The van der Waals surface area contributed by atoms with Crippen molar-refractivity contribution >= 4 is 0 Å². The minimum Gasteiger partial charge on any atom is -0.299 e. The van der Waals surface area contributed by atoms with Crippen LogP contribution in [0, 0.1) is 11.3 Å². The maximum absolute atomic E-state index is 8.77. The molecule has 2 atom stereocenters. The Balaban J connectivity index is 3.45. The molecule has 0 aromatic rings. The summed E-state index contributed by atoms with van der Waals surface area (Å²) in [5, 5.41) is 12.1. The van der Waals surface area contributed by atoms with Crippen LogP contribution in [0.3, 0.4) is 0 Å². The van der Waals surface area contributed by atoms with Crippen LogP contribution in [0.1, 0.15) is 59.3 Å². The number of unbranched alkanes of at least 4 members (excludes halogenated alkanes) is 3. The molecule has 82 valence electrons. The van der Waals surface area contributed by atoms with Gasteiger partial charge in [0, 0.05) is 6.04 Å². The van der Waals surface area contributed by atoms with Crippen molar-refractivity contribution in [1.82, 2.24) is 5.32 Å². The van der Waals surface area contributed by atoms with Crippen LogP contribution in [0.15, 0.2) is 0 Å². The molecular formula is C12H24N2. The number of hydrogen-bond donors (Lipinski definition) is 1. The lowest BCUT2D eigenvalue weighted by Crippen LogP contribution is -2.34. The van der Waals surface area contributed by atoms with Gasteiger partial charge in [0.2, 0.25) is 0 Å². The van der Waals surface area contributed by atoms with Crippen LogP contribution in [0.2, 0.25) is 0 Å². The van der Waals surface area contributed by atoms with Crippen LogP contribution >= 0.6 is 0 Å². The molecule has 0 saturated carbocycles. The van der Waals surface area contributed by atoms with Crippen LogP contribution < -0.4 is 5.32 Å². The molecule has 0 aromatic heterocycles. The zero-order chi connectivity index (χ0) is 10.8. The van der Waals surface area contributed by atoms with Gasteiger partial charge in [-0.25, -0.2) is 0 Å². The lowest BCUT2D eigenvalue weighted by Gasteiger charge is -2.16. The number of nitrogens with zero attached hydrogens (tertiary/aromatic N) is 1. The number of nitriles is 1. The third-order valence-electron chi connectivity index (χ3n) is 2.54.